The van der Waals surface area contributed by atoms with Crippen LogP contribution in [0.15, 0.2) is 176 Å². The second-order valence-corrected chi connectivity index (χ2v) is 12.7. The first kappa shape index (κ1) is 29.4. The average Bonchev–Trinajstić information content (AvgIpc) is 3.17. The lowest BCUT2D eigenvalue weighted by Crippen LogP contribution is -2.03. The molecule has 0 saturated heterocycles. The number of benzene rings is 9. The number of carbonyl (C=O) groups is 1. The van der Waals surface area contributed by atoms with Gasteiger partial charge in [-0.1, -0.05) is 103 Å². The number of aromatic hydroxyl groups is 1. The third kappa shape index (κ3) is 5.32. The van der Waals surface area contributed by atoms with Crippen LogP contribution in [-0.2, 0) is 0 Å². The molecule has 0 aliphatic heterocycles. The Kier molecular flexibility index (Phi) is 7.10. The maximum absolute atomic E-state index is 13.7. The molecule has 1 N–H and O–H groups in total. The van der Waals surface area contributed by atoms with E-state index in [-0.39, 0.29) is 11.5 Å². The van der Waals surface area contributed by atoms with E-state index in [1.54, 1.807) is 36.4 Å². The molecule has 0 atom stereocenters. The number of ether oxygens (including phenoxy) is 1. The lowest BCUT2D eigenvalue weighted by molar-refractivity contribution is 0.103. The van der Waals surface area contributed by atoms with Gasteiger partial charge in [-0.2, -0.15) is 0 Å². The zero-order valence-corrected chi connectivity index (χ0v) is 27.0. The van der Waals surface area contributed by atoms with E-state index in [0.29, 0.717) is 22.6 Å². The molecule has 0 unspecified atom stereocenters. The standard InChI is InChI=1S/C47H30O3/c48-39-20-22-40(23-21-39)50-46-15-6-5-14-41(46)47(49)31-18-16-30(17-19-31)32-12-7-13-37(24-32)42-29-38-25-33-8-1-2-9-34(33)26-43(38)45-28-36-11-4-3-10-35(36)27-44(42)45/h1-29,48H. The molecule has 9 rings (SSSR count). The number of rotatable bonds is 6. The summed E-state index contributed by atoms with van der Waals surface area (Å²) in [7, 11) is 0. The van der Waals surface area contributed by atoms with Crippen LogP contribution < -0.4 is 4.74 Å². The van der Waals surface area contributed by atoms with Crippen molar-refractivity contribution in [3.8, 4) is 39.5 Å². The van der Waals surface area contributed by atoms with Crippen LogP contribution in [0.1, 0.15) is 15.9 Å². The van der Waals surface area contributed by atoms with E-state index in [4.69, 9.17) is 4.74 Å². The van der Waals surface area contributed by atoms with Crippen molar-refractivity contribution >= 4 is 48.9 Å². The van der Waals surface area contributed by atoms with Gasteiger partial charge in [0.25, 0.3) is 0 Å². The number of fused-ring (bicyclic) bond motifs is 5. The Bertz CT molecular complexity index is 2740. The third-order valence-corrected chi connectivity index (χ3v) is 9.53. The summed E-state index contributed by atoms with van der Waals surface area (Å²) in [5, 5.41) is 19.5. The highest BCUT2D eigenvalue weighted by molar-refractivity contribution is 6.20. The van der Waals surface area contributed by atoms with Gasteiger partial charge in [0.2, 0.25) is 0 Å². The van der Waals surface area contributed by atoms with E-state index in [2.05, 4.69) is 103 Å². The van der Waals surface area contributed by atoms with Crippen molar-refractivity contribution in [2.75, 3.05) is 0 Å². The lowest BCUT2D eigenvalue weighted by Gasteiger charge is -2.15. The fraction of sp³-hybridized carbons (Fsp3) is 0. The molecule has 50 heavy (non-hydrogen) atoms. The Labute approximate surface area is 289 Å². The molecule has 0 bridgehead atoms. The van der Waals surface area contributed by atoms with Crippen LogP contribution in [0.3, 0.4) is 0 Å². The highest BCUT2D eigenvalue weighted by atomic mass is 16.5. The molecule has 0 fully saturated rings. The topological polar surface area (TPSA) is 46.5 Å². The zero-order valence-electron chi connectivity index (χ0n) is 27.0. The van der Waals surface area contributed by atoms with Gasteiger partial charge < -0.3 is 9.84 Å². The van der Waals surface area contributed by atoms with Gasteiger partial charge in [-0.25, -0.2) is 0 Å². The number of phenolic OH excluding ortho intramolecular Hbond substituents is 1. The van der Waals surface area contributed by atoms with Gasteiger partial charge in [-0.3, -0.25) is 4.79 Å². The van der Waals surface area contributed by atoms with Crippen LogP contribution in [0, 0.1) is 0 Å². The van der Waals surface area contributed by atoms with E-state index in [1.807, 2.05) is 36.4 Å². The van der Waals surface area contributed by atoms with Crippen molar-refractivity contribution in [1.82, 2.24) is 0 Å². The Morgan fingerprint density at radius 1 is 0.440 bits per heavy atom. The molecular weight excluding hydrogens is 613 g/mol. The molecule has 0 amide bonds. The summed E-state index contributed by atoms with van der Waals surface area (Å²) in [4.78, 5) is 13.7. The normalized spacial score (nSPS) is 11.4. The Balaban J connectivity index is 1.10. The number of hydrogen-bond acceptors (Lipinski definition) is 3. The summed E-state index contributed by atoms with van der Waals surface area (Å²) in [6.45, 7) is 0. The van der Waals surface area contributed by atoms with Crippen molar-refractivity contribution in [3.63, 3.8) is 0 Å². The molecule has 236 valence electrons. The summed E-state index contributed by atoms with van der Waals surface area (Å²) >= 11 is 0. The van der Waals surface area contributed by atoms with Crippen molar-refractivity contribution < 1.29 is 14.6 Å². The number of carbonyl (C=O) groups excluding carboxylic acids is 1. The van der Waals surface area contributed by atoms with E-state index in [9.17, 15) is 9.90 Å². The quantitative estimate of drug-likeness (QED) is 0.112. The molecule has 0 saturated carbocycles. The molecule has 0 spiro atoms. The van der Waals surface area contributed by atoms with E-state index < -0.39 is 0 Å². The van der Waals surface area contributed by atoms with Crippen molar-refractivity contribution in [3.05, 3.63) is 187 Å². The summed E-state index contributed by atoms with van der Waals surface area (Å²) in [5.41, 5.74) is 5.47. The van der Waals surface area contributed by atoms with Crippen LogP contribution in [-0.4, -0.2) is 10.9 Å². The number of ketones is 1. The van der Waals surface area contributed by atoms with Gasteiger partial charge in [-0.05, 0) is 138 Å². The molecule has 9 aromatic carbocycles. The van der Waals surface area contributed by atoms with E-state index in [0.717, 1.165) is 16.7 Å². The van der Waals surface area contributed by atoms with Crippen LogP contribution in [0.25, 0.3) is 65.3 Å². The molecule has 0 radical (unpaired) electrons. The SMILES string of the molecule is O=C(c1ccc(-c2cccc(-c3cc4cc5ccccc5cc4c4cc5ccccc5cc34)c2)cc1)c1ccccc1Oc1ccc(O)cc1. The van der Waals surface area contributed by atoms with E-state index in [1.165, 1.54) is 48.7 Å². The van der Waals surface area contributed by atoms with Crippen LogP contribution in [0.2, 0.25) is 0 Å². The Morgan fingerprint density at radius 3 is 1.76 bits per heavy atom. The molecule has 3 nitrogen and oxygen atoms in total. The molecule has 0 aliphatic rings. The minimum atomic E-state index is -0.123. The number of para-hydroxylation sites is 1. The van der Waals surface area contributed by atoms with Gasteiger partial charge in [-0.15, -0.1) is 0 Å². The molecule has 9 aromatic rings. The van der Waals surface area contributed by atoms with Gasteiger partial charge in [0.1, 0.15) is 17.2 Å². The summed E-state index contributed by atoms with van der Waals surface area (Å²) in [6.07, 6.45) is 0. The summed E-state index contributed by atoms with van der Waals surface area (Å²) in [5.74, 6) is 1.03. The number of hydrogen-bond donors (Lipinski definition) is 1. The van der Waals surface area contributed by atoms with Gasteiger partial charge in [0, 0.05) is 5.56 Å². The molecule has 3 heteroatoms. The first-order valence-corrected chi connectivity index (χ1v) is 16.7. The largest absolute Gasteiger partial charge is 0.508 e. The van der Waals surface area contributed by atoms with Gasteiger partial charge >= 0.3 is 0 Å². The highest BCUT2D eigenvalue weighted by Gasteiger charge is 2.16. The van der Waals surface area contributed by atoms with E-state index >= 15 is 0 Å². The second kappa shape index (κ2) is 12.1. The first-order valence-electron chi connectivity index (χ1n) is 16.7. The number of phenols is 1. The van der Waals surface area contributed by atoms with Crippen LogP contribution >= 0.6 is 0 Å². The minimum absolute atomic E-state index is 0.123. The fourth-order valence-electron chi connectivity index (χ4n) is 6.99. The first-order chi connectivity index (χ1) is 24.6. The molecule has 0 aliphatic carbocycles. The summed E-state index contributed by atoms with van der Waals surface area (Å²) in [6, 6.07) is 58.8. The van der Waals surface area contributed by atoms with Crippen molar-refractivity contribution in [2.45, 2.75) is 0 Å². The zero-order chi connectivity index (χ0) is 33.6. The second-order valence-electron chi connectivity index (χ2n) is 12.7. The molecule has 0 heterocycles. The molecular formula is C47H30O3. The Morgan fingerprint density at radius 2 is 1.04 bits per heavy atom. The highest BCUT2D eigenvalue weighted by Crippen LogP contribution is 2.40. The smallest absolute Gasteiger partial charge is 0.196 e. The third-order valence-electron chi connectivity index (χ3n) is 9.53. The van der Waals surface area contributed by atoms with Crippen molar-refractivity contribution in [2.24, 2.45) is 0 Å². The minimum Gasteiger partial charge on any atom is -0.508 e. The monoisotopic (exact) mass is 642 g/mol. The Hall–Kier alpha value is -6.71. The predicted molar refractivity (Wildman–Crippen MR) is 205 cm³/mol. The maximum Gasteiger partial charge on any atom is 0.196 e. The van der Waals surface area contributed by atoms with Crippen molar-refractivity contribution in [1.29, 1.82) is 0 Å². The van der Waals surface area contributed by atoms with Crippen LogP contribution in [0.5, 0.6) is 17.2 Å². The summed E-state index contributed by atoms with van der Waals surface area (Å²) < 4.78 is 6.03. The van der Waals surface area contributed by atoms with Gasteiger partial charge in [0.05, 0.1) is 5.56 Å². The average molecular weight is 643 g/mol. The maximum atomic E-state index is 13.7. The predicted octanol–water partition coefficient (Wildman–Crippen LogP) is 12.4. The lowest BCUT2D eigenvalue weighted by atomic mass is 9.89. The fourth-order valence-corrected chi connectivity index (χ4v) is 6.99. The van der Waals surface area contributed by atoms with Gasteiger partial charge in [0.15, 0.2) is 5.78 Å². The molecule has 0 aromatic heterocycles. The van der Waals surface area contributed by atoms with Crippen LogP contribution in [0.4, 0.5) is 0 Å².